The van der Waals surface area contributed by atoms with E-state index in [0.29, 0.717) is 37.7 Å². The summed E-state index contributed by atoms with van der Waals surface area (Å²) in [4.78, 5) is 15.0. The van der Waals surface area contributed by atoms with Crippen LogP contribution in [0.4, 0.5) is 13.2 Å². The quantitative estimate of drug-likeness (QED) is 0.526. The van der Waals surface area contributed by atoms with Crippen LogP contribution in [0.3, 0.4) is 0 Å². The minimum atomic E-state index is -4.77. The summed E-state index contributed by atoms with van der Waals surface area (Å²) >= 11 is 0. The Morgan fingerprint density at radius 1 is 0.971 bits per heavy atom. The molecule has 0 atom stereocenters. The first kappa shape index (κ1) is 25.1. The van der Waals surface area contributed by atoms with Gasteiger partial charge < -0.3 is 19.1 Å². The average molecular weight is 507 g/mol. The van der Waals surface area contributed by atoms with E-state index >= 15 is 0 Å². The number of rotatable bonds is 7. The highest BCUT2D eigenvalue weighted by molar-refractivity contribution is 7.91. The van der Waals surface area contributed by atoms with Gasteiger partial charge >= 0.3 is 12.3 Å². The van der Waals surface area contributed by atoms with Crippen molar-refractivity contribution >= 4 is 16.0 Å². The van der Waals surface area contributed by atoms with Gasteiger partial charge in [-0.2, -0.15) is 0 Å². The fourth-order valence-electron chi connectivity index (χ4n) is 4.79. The molecule has 2 aliphatic heterocycles. The molecule has 12 heteroatoms. The number of alkyl halides is 3. The van der Waals surface area contributed by atoms with Crippen molar-refractivity contribution in [3.63, 3.8) is 0 Å². The minimum absolute atomic E-state index is 0.188. The Kier molecular flexibility index (Phi) is 7.03. The molecule has 1 aliphatic carbocycles. The molecule has 0 aromatic heterocycles. The van der Waals surface area contributed by atoms with Gasteiger partial charge in [-0.05, 0) is 62.8 Å². The van der Waals surface area contributed by atoms with E-state index in [1.54, 1.807) is 0 Å². The predicted molar refractivity (Wildman–Crippen MR) is 116 cm³/mol. The Balaban J connectivity index is 1.37. The Hall–Kier alpha value is -2.05. The Morgan fingerprint density at radius 2 is 1.53 bits per heavy atom. The monoisotopic (exact) mass is 506 g/mol. The van der Waals surface area contributed by atoms with Crippen LogP contribution in [0, 0.1) is 0 Å². The number of hydrogen-bond acceptors (Lipinski definition) is 7. The van der Waals surface area contributed by atoms with Gasteiger partial charge in [0.25, 0.3) is 0 Å². The summed E-state index contributed by atoms with van der Waals surface area (Å²) in [6.07, 6.45) is -1.63. The molecule has 4 rings (SSSR count). The number of ether oxygens (including phenoxy) is 3. The van der Waals surface area contributed by atoms with Crippen molar-refractivity contribution in [3.8, 4) is 11.5 Å². The first-order valence-corrected chi connectivity index (χ1v) is 12.8. The van der Waals surface area contributed by atoms with Gasteiger partial charge in [0.15, 0.2) is 4.75 Å². The highest BCUT2D eigenvalue weighted by Crippen LogP contribution is 2.39. The molecule has 0 amide bonds. The summed E-state index contributed by atoms with van der Waals surface area (Å²) in [6, 6.07) is 5.58. The highest BCUT2D eigenvalue weighted by Gasteiger charge is 2.56. The molecule has 2 heterocycles. The maximum atomic E-state index is 13.6. The van der Waals surface area contributed by atoms with E-state index < -0.39 is 27.1 Å². The third kappa shape index (κ3) is 5.28. The van der Waals surface area contributed by atoms with Crippen molar-refractivity contribution in [1.29, 1.82) is 0 Å². The van der Waals surface area contributed by atoms with Crippen LogP contribution in [0.15, 0.2) is 24.3 Å². The van der Waals surface area contributed by atoms with E-state index in [2.05, 4.69) is 9.64 Å². The molecule has 0 N–H and O–H groups in total. The third-order valence-electron chi connectivity index (χ3n) is 6.82. The van der Waals surface area contributed by atoms with Crippen LogP contribution >= 0.6 is 0 Å². The van der Waals surface area contributed by atoms with Crippen molar-refractivity contribution in [3.05, 3.63) is 24.3 Å². The van der Waals surface area contributed by atoms with Gasteiger partial charge in [0.2, 0.25) is 10.0 Å². The topological polar surface area (TPSA) is 85.4 Å². The van der Waals surface area contributed by atoms with Crippen molar-refractivity contribution in [2.75, 3.05) is 33.3 Å². The van der Waals surface area contributed by atoms with Gasteiger partial charge in [0.05, 0.1) is 7.11 Å². The second-order valence-corrected chi connectivity index (χ2v) is 11.2. The highest BCUT2D eigenvalue weighted by atomic mass is 32.2. The van der Waals surface area contributed by atoms with Crippen LogP contribution in [-0.4, -0.2) is 80.1 Å². The smallest absolute Gasteiger partial charge is 0.490 e. The van der Waals surface area contributed by atoms with Gasteiger partial charge in [-0.25, -0.2) is 12.7 Å². The SMILES string of the molecule is COC(=O)C1(S(=O)(=O)N2CCC(Oc3ccc(OC(F)(F)F)cc3)CC2)CCN(C2CC2)CC1. The van der Waals surface area contributed by atoms with E-state index in [-0.39, 0.29) is 37.8 Å². The van der Waals surface area contributed by atoms with Gasteiger partial charge in [-0.1, -0.05) is 0 Å². The van der Waals surface area contributed by atoms with Crippen LogP contribution in [0.25, 0.3) is 0 Å². The van der Waals surface area contributed by atoms with Crippen molar-refractivity contribution in [2.45, 2.75) is 61.8 Å². The zero-order chi connectivity index (χ0) is 24.6. The summed E-state index contributed by atoms with van der Waals surface area (Å²) in [7, 11) is -2.73. The summed E-state index contributed by atoms with van der Waals surface area (Å²) in [5.41, 5.74) is 0. The molecule has 2 saturated heterocycles. The molecule has 0 unspecified atom stereocenters. The molecule has 190 valence electrons. The molecular formula is C22H29F3N2O6S. The van der Waals surface area contributed by atoms with Crippen LogP contribution in [-0.2, 0) is 19.6 Å². The summed E-state index contributed by atoms with van der Waals surface area (Å²) in [6.45, 7) is 1.47. The summed E-state index contributed by atoms with van der Waals surface area (Å²) in [5.74, 6) is -0.682. The number of benzene rings is 1. The number of nitrogens with zero attached hydrogens (tertiary/aromatic N) is 2. The maximum Gasteiger partial charge on any atom is 0.573 e. The minimum Gasteiger partial charge on any atom is -0.490 e. The second-order valence-electron chi connectivity index (χ2n) is 8.99. The van der Waals surface area contributed by atoms with E-state index in [1.165, 1.54) is 23.5 Å². The molecule has 34 heavy (non-hydrogen) atoms. The Labute approximate surface area is 197 Å². The number of sulfonamides is 1. The molecule has 3 fully saturated rings. The average Bonchev–Trinajstić information content (AvgIpc) is 3.65. The molecular weight excluding hydrogens is 477 g/mol. The summed E-state index contributed by atoms with van der Waals surface area (Å²) < 4.78 is 78.6. The van der Waals surface area contributed by atoms with Gasteiger partial charge in [0.1, 0.15) is 17.6 Å². The van der Waals surface area contributed by atoms with Crippen molar-refractivity contribution in [1.82, 2.24) is 9.21 Å². The molecule has 0 spiro atoms. The Bertz CT molecular complexity index is 965. The van der Waals surface area contributed by atoms with Crippen LogP contribution in [0.5, 0.6) is 11.5 Å². The molecule has 1 aromatic rings. The lowest BCUT2D eigenvalue weighted by atomic mass is 9.95. The number of carbonyl (C=O) groups is 1. The number of esters is 1. The molecule has 0 radical (unpaired) electrons. The van der Waals surface area contributed by atoms with E-state index in [9.17, 15) is 26.4 Å². The van der Waals surface area contributed by atoms with Gasteiger partial charge in [0, 0.05) is 32.2 Å². The van der Waals surface area contributed by atoms with Crippen LogP contribution < -0.4 is 9.47 Å². The van der Waals surface area contributed by atoms with Gasteiger partial charge in [-0.3, -0.25) is 4.79 Å². The van der Waals surface area contributed by atoms with E-state index in [4.69, 9.17) is 9.47 Å². The van der Waals surface area contributed by atoms with Crippen LogP contribution in [0.1, 0.15) is 38.5 Å². The molecule has 0 bridgehead atoms. The number of methoxy groups -OCH3 is 1. The number of halogens is 3. The maximum absolute atomic E-state index is 13.6. The lowest BCUT2D eigenvalue weighted by molar-refractivity contribution is -0.274. The zero-order valence-electron chi connectivity index (χ0n) is 18.9. The standard InChI is InChI=1S/C22H29F3N2O6S/c1-31-20(28)21(10-14-26(15-11-21)16-2-3-16)34(29,30)27-12-8-18(9-13-27)32-17-4-6-19(7-5-17)33-22(23,24)25/h4-7,16,18H,2-3,8-15H2,1H3. The number of piperidine rings is 2. The first-order valence-electron chi connectivity index (χ1n) is 11.4. The second kappa shape index (κ2) is 9.54. The molecule has 8 nitrogen and oxygen atoms in total. The number of hydrogen-bond donors (Lipinski definition) is 0. The molecule has 3 aliphatic rings. The fraction of sp³-hybridized carbons (Fsp3) is 0.682. The van der Waals surface area contributed by atoms with Crippen molar-refractivity contribution in [2.24, 2.45) is 0 Å². The largest absolute Gasteiger partial charge is 0.573 e. The fourth-order valence-corrected chi connectivity index (χ4v) is 6.97. The molecule has 1 aromatic carbocycles. The van der Waals surface area contributed by atoms with Gasteiger partial charge in [-0.15, -0.1) is 13.2 Å². The third-order valence-corrected chi connectivity index (χ3v) is 9.43. The van der Waals surface area contributed by atoms with Crippen LogP contribution in [0.2, 0.25) is 0 Å². The number of carbonyl (C=O) groups excluding carboxylic acids is 1. The van der Waals surface area contributed by atoms with E-state index in [0.717, 1.165) is 25.0 Å². The lowest BCUT2D eigenvalue weighted by Crippen LogP contribution is -2.60. The first-order chi connectivity index (χ1) is 16.0. The number of likely N-dealkylation sites (tertiary alicyclic amines) is 1. The predicted octanol–water partition coefficient (Wildman–Crippen LogP) is 2.93. The Morgan fingerprint density at radius 3 is 2.03 bits per heavy atom. The summed E-state index contributed by atoms with van der Waals surface area (Å²) in [5, 5.41) is 0. The van der Waals surface area contributed by atoms with Crippen molar-refractivity contribution < 1.29 is 40.6 Å². The van der Waals surface area contributed by atoms with E-state index in [1.807, 2.05) is 0 Å². The lowest BCUT2D eigenvalue weighted by Gasteiger charge is -2.43. The zero-order valence-corrected chi connectivity index (χ0v) is 19.7. The molecule has 1 saturated carbocycles. The normalized spacial score (nSPS) is 22.8.